The Labute approximate surface area is 139 Å². The van der Waals surface area contributed by atoms with Crippen molar-refractivity contribution in [2.75, 3.05) is 0 Å². The van der Waals surface area contributed by atoms with E-state index in [4.69, 9.17) is 0 Å². The van der Waals surface area contributed by atoms with Gasteiger partial charge >= 0.3 is 0 Å². The number of hydrogen-bond donors (Lipinski definition) is 0. The Kier molecular flexibility index (Phi) is 8.59. The number of ketones is 2. The Morgan fingerprint density at radius 1 is 0.783 bits per heavy atom. The van der Waals surface area contributed by atoms with Crippen LogP contribution in [0.15, 0.2) is 54.6 Å². The number of benzene rings is 2. The molecule has 0 aliphatic carbocycles. The van der Waals surface area contributed by atoms with E-state index in [0.717, 1.165) is 18.4 Å². The lowest BCUT2D eigenvalue weighted by atomic mass is 10.1. The normalized spacial score (nSPS) is 9.70. The zero-order chi connectivity index (χ0) is 17.1. The Bertz CT molecular complexity index is 597. The SMILES string of the molecule is CC(=O)CCCc1ccc(C)cc1.CC(=O)Cc1ccccc1. The Morgan fingerprint density at radius 2 is 1.39 bits per heavy atom. The van der Waals surface area contributed by atoms with E-state index in [1.807, 2.05) is 30.3 Å². The molecule has 122 valence electrons. The predicted molar refractivity (Wildman–Crippen MR) is 95.6 cm³/mol. The largest absolute Gasteiger partial charge is 0.300 e. The third-order valence-electron chi connectivity index (χ3n) is 3.41. The van der Waals surface area contributed by atoms with E-state index in [2.05, 4.69) is 31.2 Å². The molecule has 0 bridgehead atoms. The van der Waals surface area contributed by atoms with E-state index in [1.54, 1.807) is 13.8 Å². The van der Waals surface area contributed by atoms with Crippen LogP contribution in [0.4, 0.5) is 0 Å². The smallest absolute Gasteiger partial charge is 0.134 e. The van der Waals surface area contributed by atoms with Crippen LogP contribution in [0, 0.1) is 6.92 Å². The lowest BCUT2D eigenvalue weighted by Crippen LogP contribution is -1.94. The molecule has 2 heteroatoms. The third kappa shape index (κ3) is 9.41. The first kappa shape index (κ1) is 18.8. The van der Waals surface area contributed by atoms with Crippen molar-refractivity contribution in [3.05, 3.63) is 71.3 Å². The van der Waals surface area contributed by atoms with Gasteiger partial charge in [0.25, 0.3) is 0 Å². The Balaban J connectivity index is 0.000000238. The quantitative estimate of drug-likeness (QED) is 0.773. The molecule has 0 atom stereocenters. The van der Waals surface area contributed by atoms with E-state index in [1.165, 1.54) is 11.1 Å². The highest BCUT2D eigenvalue weighted by molar-refractivity contribution is 5.78. The fourth-order valence-electron chi connectivity index (χ4n) is 2.18. The first-order valence-electron chi connectivity index (χ1n) is 8.05. The van der Waals surface area contributed by atoms with Crippen LogP contribution in [0.1, 0.15) is 43.4 Å². The number of carbonyl (C=O) groups excluding carboxylic acids is 2. The van der Waals surface area contributed by atoms with Crippen LogP contribution >= 0.6 is 0 Å². The summed E-state index contributed by atoms with van der Waals surface area (Å²) < 4.78 is 0. The summed E-state index contributed by atoms with van der Waals surface area (Å²) in [5.74, 6) is 0.498. The molecule has 0 spiro atoms. The van der Waals surface area contributed by atoms with Crippen molar-refractivity contribution in [1.29, 1.82) is 0 Å². The van der Waals surface area contributed by atoms with Crippen molar-refractivity contribution in [1.82, 2.24) is 0 Å². The zero-order valence-corrected chi connectivity index (χ0v) is 14.3. The van der Waals surface area contributed by atoms with Gasteiger partial charge in [0.2, 0.25) is 0 Å². The standard InChI is InChI=1S/C12H16O.C9H10O/c1-10-6-8-12(9-7-10)5-3-4-11(2)13;1-8(10)7-9-5-3-2-4-6-9/h6-9H,3-5H2,1-2H3;2-6H,7H2,1H3. The number of rotatable bonds is 6. The number of carbonyl (C=O) groups is 2. The monoisotopic (exact) mass is 310 g/mol. The molecule has 0 saturated carbocycles. The van der Waals surface area contributed by atoms with Gasteiger partial charge in [-0.25, -0.2) is 0 Å². The van der Waals surface area contributed by atoms with Crippen LogP contribution in [-0.2, 0) is 22.4 Å². The van der Waals surface area contributed by atoms with Crippen molar-refractivity contribution in [2.24, 2.45) is 0 Å². The summed E-state index contributed by atoms with van der Waals surface area (Å²) in [5, 5.41) is 0. The molecular weight excluding hydrogens is 284 g/mol. The van der Waals surface area contributed by atoms with Gasteiger partial charge in [-0.2, -0.15) is 0 Å². The van der Waals surface area contributed by atoms with Gasteiger partial charge in [-0.05, 0) is 44.7 Å². The first-order valence-corrected chi connectivity index (χ1v) is 8.05. The highest BCUT2D eigenvalue weighted by atomic mass is 16.1. The summed E-state index contributed by atoms with van der Waals surface area (Å²) >= 11 is 0. The second-order valence-corrected chi connectivity index (χ2v) is 5.91. The molecule has 2 aromatic carbocycles. The summed E-state index contributed by atoms with van der Waals surface area (Å²) in [4.78, 5) is 21.3. The molecule has 2 rings (SSSR count). The van der Waals surface area contributed by atoms with Crippen molar-refractivity contribution in [3.63, 3.8) is 0 Å². The molecule has 0 saturated heterocycles. The average Bonchev–Trinajstić information content (AvgIpc) is 2.50. The molecular formula is C21H26O2. The van der Waals surface area contributed by atoms with Gasteiger partial charge in [0, 0.05) is 12.8 Å². The van der Waals surface area contributed by atoms with Crippen LogP contribution in [0.25, 0.3) is 0 Å². The molecule has 0 radical (unpaired) electrons. The fourth-order valence-corrected chi connectivity index (χ4v) is 2.18. The van der Waals surface area contributed by atoms with Gasteiger partial charge in [0.05, 0.1) is 0 Å². The fraction of sp³-hybridized carbons (Fsp3) is 0.333. The summed E-state index contributed by atoms with van der Waals surface area (Å²) in [6.07, 6.45) is 3.24. The molecule has 0 aliphatic heterocycles. The van der Waals surface area contributed by atoms with E-state index in [-0.39, 0.29) is 11.6 Å². The van der Waals surface area contributed by atoms with Gasteiger partial charge in [-0.3, -0.25) is 4.79 Å². The molecule has 0 N–H and O–H groups in total. The zero-order valence-electron chi connectivity index (χ0n) is 14.3. The van der Waals surface area contributed by atoms with Crippen LogP contribution in [0.2, 0.25) is 0 Å². The van der Waals surface area contributed by atoms with E-state index in [0.29, 0.717) is 12.8 Å². The lowest BCUT2D eigenvalue weighted by Gasteiger charge is -2.00. The Hall–Kier alpha value is -2.22. The minimum absolute atomic E-state index is 0.214. The molecule has 0 aromatic heterocycles. The van der Waals surface area contributed by atoms with Crippen molar-refractivity contribution in [2.45, 2.75) is 46.5 Å². The topological polar surface area (TPSA) is 34.1 Å². The van der Waals surface area contributed by atoms with Crippen molar-refractivity contribution in [3.8, 4) is 0 Å². The van der Waals surface area contributed by atoms with E-state index < -0.39 is 0 Å². The maximum Gasteiger partial charge on any atom is 0.134 e. The summed E-state index contributed by atoms with van der Waals surface area (Å²) in [6.45, 7) is 5.33. The molecule has 2 aromatic rings. The highest BCUT2D eigenvalue weighted by Gasteiger charge is 1.95. The lowest BCUT2D eigenvalue weighted by molar-refractivity contribution is -0.117. The summed E-state index contributed by atoms with van der Waals surface area (Å²) in [7, 11) is 0. The van der Waals surface area contributed by atoms with Crippen LogP contribution in [0.5, 0.6) is 0 Å². The second-order valence-electron chi connectivity index (χ2n) is 5.91. The van der Waals surface area contributed by atoms with Crippen LogP contribution in [0.3, 0.4) is 0 Å². The molecule has 2 nitrogen and oxygen atoms in total. The number of Topliss-reactive ketones (excluding diaryl/α,β-unsaturated/α-hetero) is 2. The van der Waals surface area contributed by atoms with Crippen molar-refractivity contribution < 1.29 is 9.59 Å². The summed E-state index contributed by atoms with van der Waals surface area (Å²) in [5.41, 5.74) is 3.71. The van der Waals surface area contributed by atoms with Gasteiger partial charge < -0.3 is 4.79 Å². The third-order valence-corrected chi connectivity index (χ3v) is 3.41. The maximum atomic E-state index is 10.7. The minimum Gasteiger partial charge on any atom is -0.300 e. The molecule has 0 fully saturated rings. The maximum absolute atomic E-state index is 10.7. The van der Waals surface area contributed by atoms with E-state index in [9.17, 15) is 9.59 Å². The predicted octanol–water partition coefficient (Wildman–Crippen LogP) is 4.72. The molecule has 23 heavy (non-hydrogen) atoms. The highest BCUT2D eigenvalue weighted by Crippen LogP contribution is 2.07. The van der Waals surface area contributed by atoms with E-state index >= 15 is 0 Å². The molecule has 0 unspecified atom stereocenters. The van der Waals surface area contributed by atoms with Crippen LogP contribution < -0.4 is 0 Å². The van der Waals surface area contributed by atoms with Gasteiger partial charge in [-0.15, -0.1) is 0 Å². The molecule has 0 amide bonds. The minimum atomic E-state index is 0.214. The average molecular weight is 310 g/mol. The second kappa shape index (κ2) is 10.5. The van der Waals surface area contributed by atoms with Gasteiger partial charge in [-0.1, -0.05) is 60.2 Å². The van der Waals surface area contributed by atoms with Gasteiger partial charge in [0.1, 0.15) is 11.6 Å². The van der Waals surface area contributed by atoms with Crippen LogP contribution in [-0.4, -0.2) is 11.6 Å². The van der Waals surface area contributed by atoms with Gasteiger partial charge in [0.15, 0.2) is 0 Å². The molecule has 0 aliphatic rings. The summed E-state index contributed by atoms with van der Waals surface area (Å²) in [6, 6.07) is 18.3. The first-order chi connectivity index (χ1) is 11.0. The number of aryl methyl sites for hydroxylation is 2. The Morgan fingerprint density at radius 3 is 1.91 bits per heavy atom. The number of hydrogen-bond acceptors (Lipinski definition) is 2. The van der Waals surface area contributed by atoms with Crippen molar-refractivity contribution >= 4 is 11.6 Å². The molecule has 0 heterocycles.